The van der Waals surface area contributed by atoms with Gasteiger partial charge in [-0.05, 0) is 37.5 Å². The van der Waals surface area contributed by atoms with Crippen molar-refractivity contribution < 1.29 is 35.7 Å². The van der Waals surface area contributed by atoms with Crippen LogP contribution in [0.3, 0.4) is 0 Å². The molecule has 5 rings (SSSR count). The van der Waals surface area contributed by atoms with Crippen LogP contribution in [0.25, 0.3) is 0 Å². The molecule has 3 aliphatic heterocycles. The molecule has 0 aromatic rings. The highest BCUT2D eigenvalue weighted by Crippen LogP contribution is 2.52. The number of epoxide rings is 1. The molecule has 0 spiro atoms. The van der Waals surface area contributed by atoms with Crippen LogP contribution in [-0.2, 0) is 14.3 Å². The largest absolute Gasteiger partial charge is 1.00 e. The summed E-state index contributed by atoms with van der Waals surface area (Å²) in [5, 5.41) is 0. The molecule has 0 amide bonds. The van der Waals surface area contributed by atoms with E-state index in [4.69, 9.17) is 9.47 Å². The molecular formula is C21H34BrNO3. The Morgan fingerprint density at radius 1 is 0.923 bits per heavy atom. The molecule has 2 aliphatic carbocycles. The van der Waals surface area contributed by atoms with Gasteiger partial charge in [0.15, 0.2) is 0 Å². The van der Waals surface area contributed by atoms with E-state index in [9.17, 15) is 4.79 Å². The third-order valence-corrected chi connectivity index (χ3v) is 8.41. The maximum absolute atomic E-state index is 13.2. The van der Waals surface area contributed by atoms with Crippen molar-refractivity contribution in [2.75, 3.05) is 14.1 Å². The van der Waals surface area contributed by atoms with Crippen LogP contribution in [0.1, 0.15) is 64.2 Å². The third kappa shape index (κ3) is 3.06. The molecule has 1 unspecified atom stereocenters. The van der Waals surface area contributed by atoms with Crippen molar-refractivity contribution >= 4 is 5.97 Å². The average molecular weight is 428 g/mol. The summed E-state index contributed by atoms with van der Waals surface area (Å²) in [4.78, 5) is 13.2. The van der Waals surface area contributed by atoms with Gasteiger partial charge in [0.25, 0.3) is 0 Å². The number of carbonyl (C=O) groups is 1. The van der Waals surface area contributed by atoms with Crippen molar-refractivity contribution in [3.63, 3.8) is 0 Å². The highest BCUT2D eigenvalue weighted by atomic mass is 79.9. The molecular weight excluding hydrogens is 394 g/mol. The van der Waals surface area contributed by atoms with E-state index in [1.54, 1.807) is 0 Å². The number of fused-ring (bicyclic) bond motifs is 5. The van der Waals surface area contributed by atoms with Crippen molar-refractivity contribution in [3.8, 4) is 0 Å². The summed E-state index contributed by atoms with van der Waals surface area (Å²) in [7, 11) is 4.67. The lowest BCUT2D eigenvalue weighted by Gasteiger charge is -2.45. The van der Waals surface area contributed by atoms with E-state index in [1.807, 2.05) is 0 Å². The van der Waals surface area contributed by atoms with E-state index < -0.39 is 0 Å². The van der Waals surface area contributed by atoms with Crippen LogP contribution in [0.2, 0.25) is 0 Å². The lowest BCUT2D eigenvalue weighted by atomic mass is 9.79. The van der Waals surface area contributed by atoms with Crippen LogP contribution in [0.15, 0.2) is 0 Å². The van der Waals surface area contributed by atoms with Gasteiger partial charge in [-0.2, -0.15) is 0 Å². The number of piperidine rings is 1. The molecule has 5 atom stereocenters. The molecule has 3 heterocycles. The molecule has 2 bridgehead atoms. The third-order valence-electron chi connectivity index (χ3n) is 8.41. The van der Waals surface area contributed by atoms with Crippen molar-refractivity contribution in [2.45, 2.75) is 94.6 Å². The number of halogens is 1. The number of morpholine rings is 1. The smallest absolute Gasteiger partial charge is 0.309 e. The van der Waals surface area contributed by atoms with Crippen molar-refractivity contribution in [3.05, 3.63) is 0 Å². The van der Waals surface area contributed by atoms with E-state index in [0.717, 1.165) is 17.3 Å². The SMILES string of the molecule is C[N+]1(C)[C@@H]2CC(OC(=O)C(C3CCCC3)C3CCCC3)C[C@H]1[C@@H]1O[C@@H]12.[Br-]. The van der Waals surface area contributed by atoms with Gasteiger partial charge in [-0.1, -0.05) is 25.7 Å². The lowest BCUT2D eigenvalue weighted by Crippen LogP contribution is -3.00. The highest BCUT2D eigenvalue weighted by molar-refractivity contribution is 5.73. The topological polar surface area (TPSA) is 38.8 Å². The molecule has 5 fully saturated rings. The maximum Gasteiger partial charge on any atom is 0.309 e. The van der Waals surface area contributed by atoms with Gasteiger partial charge in [0.2, 0.25) is 0 Å². The van der Waals surface area contributed by atoms with Crippen LogP contribution in [-0.4, -0.2) is 54.9 Å². The molecule has 26 heavy (non-hydrogen) atoms. The van der Waals surface area contributed by atoms with Crippen LogP contribution >= 0.6 is 0 Å². The Kier molecular flexibility index (Phi) is 5.20. The maximum atomic E-state index is 13.2. The Morgan fingerprint density at radius 2 is 1.38 bits per heavy atom. The van der Waals surface area contributed by atoms with Crippen LogP contribution in [0, 0.1) is 17.8 Å². The quantitative estimate of drug-likeness (QED) is 0.367. The first-order valence-electron chi connectivity index (χ1n) is 10.7. The first kappa shape index (κ1) is 19.2. The molecule has 148 valence electrons. The van der Waals surface area contributed by atoms with Gasteiger partial charge in [0.1, 0.15) is 30.4 Å². The molecule has 3 saturated heterocycles. The predicted molar refractivity (Wildman–Crippen MR) is 94.9 cm³/mol. The molecule has 0 aromatic heterocycles. The zero-order valence-corrected chi connectivity index (χ0v) is 17.8. The van der Waals surface area contributed by atoms with Gasteiger partial charge in [0.05, 0.1) is 20.0 Å². The normalized spacial score (nSPS) is 41.1. The van der Waals surface area contributed by atoms with E-state index in [1.165, 1.54) is 51.4 Å². The first-order valence-corrected chi connectivity index (χ1v) is 10.7. The standard InChI is InChI=1S/C21H34NO3.BrH/c1-22(2)16-11-15(12-17(22)20-19(16)25-20)24-21(23)18(13-7-3-4-8-13)14-9-5-6-10-14;/h13-20H,3-12H2,1-2H3;1H/q+1;/p-1/t15?,16-,17+,19-,20+;. The fourth-order valence-corrected chi connectivity index (χ4v) is 6.95. The summed E-state index contributed by atoms with van der Waals surface area (Å²) in [6.07, 6.45) is 13.2. The highest BCUT2D eigenvalue weighted by Gasteiger charge is 2.70. The fourth-order valence-electron chi connectivity index (χ4n) is 6.95. The second-order valence-electron chi connectivity index (χ2n) is 9.97. The van der Waals surface area contributed by atoms with E-state index in [-0.39, 0.29) is 35.0 Å². The van der Waals surface area contributed by atoms with E-state index >= 15 is 0 Å². The minimum absolute atomic E-state index is 0. The second-order valence-corrected chi connectivity index (χ2v) is 9.97. The Balaban J connectivity index is 0.00000168. The summed E-state index contributed by atoms with van der Waals surface area (Å²) in [5.41, 5.74) is 0. The Labute approximate surface area is 168 Å². The predicted octanol–water partition coefficient (Wildman–Crippen LogP) is 0.287. The van der Waals surface area contributed by atoms with Gasteiger partial charge in [-0.3, -0.25) is 4.79 Å². The van der Waals surface area contributed by atoms with Crippen LogP contribution < -0.4 is 17.0 Å². The summed E-state index contributed by atoms with van der Waals surface area (Å²) < 4.78 is 13.1. The minimum Gasteiger partial charge on any atom is -1.00 e. The van der Waals surface area contributed by atoms with Gasteiger partial charge < -0.3 is 30.9 Å². The Morgan fingerprint density at radius 3 is 1.85 bits per heavy atom. The van der Waals surface area contributed by atoms with Gasteiger partial charge in [0, 0.05) is 12.8 Å². The zero-order valence-electron chi connectivity index (χ0n) is 16.2. The molecule has 5 heteroatoms. The molecule has 5 aliphatic rings. The molecule has 0 aromatic carbocycles. The van der Waals surface area contributed by atoms with Crippen molar-refractivity contribution in [1.82, 2.24) is 0 Å². The molecule has 0 N–H and O–H groups in total. The first-order chi connectivity index (χ1) is 12.1. The van der Waals surface area contributed by atoms with Crippen molar-refractivity contribution in [1.29, 1.82) is 0 Å². The molecule has 0 radical (unpaired) electrons. The number of rotatable bonds is 4. The summed E-state index contributed by atoms with van der Waals surface area (Å²) in [6, 6.07) is 1.05. The number of esters is 1. The average Bonchev–Trinajstić information content (AvgIpc) is 2.91. The summed E-state index contributed by atoms with van der Waals surface area (Å²) in [6.45, 7) is 0. The lowest BCUT2D eigenvalue weighted by molar-refractivity contribution is -0.938. The van der Waals surface area contributed by atoms with E-state index in [2.05, 4.69) is 14.1 Å². The van der Waals surface area contributed by atoms with Crippen LogP contribution in [0.5, 0.6) is 0 Å². The molecule has 4 nitrogen and oxygen atoms in total. The monoisotopic (exact) mass is 427 g/mol. The number of carbonyl (C=O) groups excluding carboxylic acids is 1. The van der Waals surface area contributed by atoms with Gasteiger partial charge in [-0.25, -0.2) is 0 Å². The number of hydrogen-bond acceptors (Lipinski definition) is 3. The van der Waals surface area contributed by atoms with E-state index in [0.29, 0.717) is 36.1 Å². The summed E-state index contributed by atoms with van der Waals surface area (Å²) in [5.74, 6) is 1.54. The summed E-state index contributed by atoms with van der Waals surface area (Å²) >= 11 is 0. The zero-order chi connectivity index (χ0) is 17.2. The Bertz CT molecular complexity index is 505. The minimum atomic E-state index is 0. The van der Waals surface area contributed by atoms with Gasteiger partial charge in [-0.15, -0.1) is 0 Å². The number of quaternary nitrogens is 1. The second kappa shape index (κ2) is 7.04. The Hall–Kier alpha value is -0.130. The van der Waals surface area contributed by atoms with Crippen molar-refractivity contribution in [2.24, 2.45) is 17.8 Å². The molecule has 2 saturated carbocycles. The number of ether oxygens (including phenoxy) is 2. The van der Waals surface area contributed by atoms with Crippen LogP contribution in [0.4, 0.5) is 0 Å². The number of hydrogen-bond donors (Lipinski definition) is 0. The number of nitrogens with zero attached hydrogens (tertiary/aromatic N) is 1. The number of likely N-dealkylation sites (N-methyl/N-ethyl adjacent to an activating group) is 1. The van der Waals surface area contributed by atoms with Gasteiger partial charge >= 0.3 is 5.97 Å². The fraction of sp³-hybridized carbons (Fsp3) is 0.952.